The summed E-state index contributed by atoms with van der Waals surface area (Å²) in [6, 6.07) is 17.2. The third kappa shape index (κ3) is 5.46. The van der Waals surface area contributed by atoms with Gasteiger partial charge in [-0.3, -0.25) is 9.88 Å². The minimum Gasteiger partial charge on any atom is -0.457 e. The topological polar surface area (TPSA) is 57.7 Å². The number of hydrogen-bond donors (Lipinski definition) is 1. The number of carbonyl (C=O) groups is 1. The second-order valence-corrected chi connectivity index (χ2v) is 10.0. The predicted octanol–water partition coefficient (Wildman–Crippen LogP) is 6.31. The van der Waals surface area contributed by atoms with Crippen molar-refractivity contribution in [2.24, 2.45) is 5.41 Å². The van der Waals surface area contributed by atoms with Crippen molar-refractivity contribution in [2.75, 3.05) is 31.5 Å². The van der Waals surface area contributed by atoms with Crippen LogP contribution in [0.2, 0.25) is 10.0 Å². The van der Waals surface area contributed by atoms with Gasteiger partial charge >= 0.3 is 6.03 Å². The van der Waals surface area contributed by atoms with Crippen LogP contribution < -0.4 is 10.1 Å². The van der Waals surface area contributed by atoms with Crippen LogP contribution in [0.4, 0.5) is 10.5 Å². The number of ether oxygens (including phenoxy) is 1. The molecule has 1 aromatic heterocycles. The molecular formula is C26H26Cl2N4O2. The minimum atomic E-state index is -0.0883. The molecule has 1 N–H and O–H groups in total. The van der Waals surface area contributed by atoms with E-state index in [4.69, 9.17) is 27.9 Å². The number of aromatic nitrogens is 1. The zero-order chi connectivity index (χ0) is 23.5. The highest BCUT2D eigenvalue weighted by Crippen LogP contribution is 2.41. The molecule has 1 spiro atoms. The van der Waals surface area contributed by atoms with Gasteiger partial charge in [-0.15, -0.1) is 0 Å². The van der Waals surface area contributed by atoms with Crippen LogP contribution in [0.5, 0.6) is 11.5 Å². The van der Waals surface area contributed by atoms with Gasteiger partial charge in [0.05, 0.1) is 16.9 Å². The molecule has 8 heteroatoms. The average Bonchev–Trinajstić information content (AvgIpc) is 2.80. The summed E-state index contributed by atoms with van der Waals surface area (Å²) < 4.78 is 5.97. The number of hydrogen-bond acceptors (Lipinski definition) is 4. The van der Waals surface area contributed by atoms with E-state index in [1.807, 2.05) is 41.3 Å². The van der Waals surface area contributed by atoms with Gasteiger partial charge in [0.2, 0.25) is 0 Å². The molecule has 5 rings (SSSR count). The third-order valence-corrected chi connectivity index (χ3v) is 7.03. The van der Waals surface area contributed by atoms with Gasteiger partial charge in [-0.05, 0) is 74.0 Å². The molecule has 6 nitrogen and oxygen atoms in total. The molecular weight excluding hydrogens is 471 g/mol. The number of carbonyl (C=O) groups excluding carboxylic acids is 1. The fourth-order valence-corrected chi connectivity index (χ4v) is 5.00. The van der Waals surface area contributed by atoms with Crippen molar-refractivity contribution in [2.45, 2.75) is 19.4 Å². The first-order chi connectivity index (χ1) is 16.5. The second kappa shape index (κ2) is 9.82. The lowest BCUT2D eigenvalue weighted by Crippen LogP contribution is -2.62. The van der Waals surface area contributed by atoms with Crippen molar-refractivity contribution in [1.29, 1.82) is 0 Å². The van der Waals surface area contributed by atoms with Gasteiger partial charge in [0.25, 0.3) is 0 Å². The number of nitrogens with zero attached hydrogens (tertiary/aromatic N) is 3. The summed E-state index contributed by atoms with van der Waals surface area (Å²) in [5.74, 6) is 1.59. The van der Waals surface area contributed by atoms with Crippen LogP contribution in [-0.2, 0) is 6.54 Å². The number of anilines is 1. The van der Waals surface area contributed by atoms with E-state index in [1.54, 1.807) is 18.5 Å². The normalized spacial score (nSPS) is 17.3. The van der Waals surface area contributed by atoms with Gasteiger partial charge in [0, 0.05) is 36.3 Å². The molecule has 0 bridgehead atoms. The summed E-state index contributed by atoms with van der Waals surface area (Å²) >= 11 is 11.9. The summed E-state index contributed by atoms with van der Waals surface area (Å²) in [7, 11) is 0. The molecule has 0 unspecified atom stereocenters. The van der Waals surface area contributed by atoms with Crippen LogP contribution in [0.25, 0.3) is 0 Å². The number of pyridine rings is 1. The Labute approximate surface area is 209 Å². The monoisotopic (exact) mass is 496 g/mol. The van der Waals surface area contributed by atoms with Gasteiger partial charge in [-0.2, -0.15) is 0 Å². The minimum absolute atomic E-state index is 0.0883. The highest BCUT2D eigenvalue weighted by molar-refractivity contribution is 6.31. The van der Waals surface area contributed by atoms with Crippen LogP contribution in [-0.4, -0.2) is 47.0 Å². The number of nitrogens with one attached hydrogen (secondary N) is 1. The van der Waals surface area contributed by atoms with Crippen LogP contribution in [0.1, 0.15) is 18.4 Å². The summed E-state index contributed by atoms with van der Waals surface area (Å²) in [5, 5.41) is 4.08. The van der Waals surface area contributed by atoms with Crippen LogP contribution in [0.15, 0.2) is 67.0 Å². The number of likely N-dealkylation sites (tertiary alicyclic amines) is 2. The number of rotatable bonds is 5. The fraction of sp³-hybridized carbons (Fsp3) is 0.308. The molecule has 34 heavy (non-hydrogen) atoms. The van der Waals surface area contributed by atoms with Gasteiger partial charge in [-0.25, -0.2) is 4.79 Å². The summed E-state index contributed by atoms with van der Waals surface area (Å²) in [5.41, 5.74) is 2.09. The molecule has 0 radical (unpaired) electrons. The van der Waals surface area contributed by atoms with E-state index < -0.39 is 0 Å². The summed E-state index contributed by atoms with van der Waals surface area (Å²) in [6.07, 6.45) is 5.34. The molecule has 0 atom stereocenters. The van der Waals surface area contributed by atoms with Crippen molar-refractivity contribution in [3.8, 4) is 11.5 Å². The van der Waals surface area contributed by atoms with Crippen LogP contribution in [0.3, 0.4) is 0 Å². The molecule has 176 valence electrons. The molecule has 2 aliphatic heterocycles. The predicted molar refractivity (Wildman–Crippen MR) is 135 cm³/mol. The van der Waals surface area contributed by atoms with E-state index in [2.05, 4.69) is 27.3 Å². The number of amides is 2. The van der Waals surface area contributed by atoms with Gasteiger partial charge in [0.1, 0.15) is 11.5 Å². The Morgan fingerprint density at radius 1 is 0.971 bits per heavy atom. The molecule has 2 aromatic carbocycles. The van der Waals surface area contributed by atoms with E-state index in [1.165, 1.54) is 5.56 Å². The lowest BCUT2D eigenvalue weighted by Gasteiger charge is -2.53. The van der Waals surface area contributed by atoms with Gasteiger partial charge < -0.3 is 15.0 Å². The average molecular weight is 497 g/mol. The maximum absolute atomic E-state index is 12.5. The maximum atomic E-state index is 12.5. The lowest BCUT2D eigenvalue weighted by atomic mass is 9.72. The highest BCUT2D eigenvalue weighted by Gasteiger charge is 2.46. The first-order valence-electron chi connectivity index (χ1n) is 11.4. The first kappa shape index (κ1) is 23.0. The second-order valence-electron chi connectivity index (χ2n) is 9.16. The van der Waals surface area contributed by atoms with E-state index in [0.717, 1.165) is 57.1 Å². The number of urea groups is 1. The van der Waals surface area contributed by atoms with E-state index >= 15 is 0 Å². The molecule has 0 aliphatic carbocycles. The zero-order valence-corrected chi connectivity index (χ0v) is 20.2. The van der Waals surface area contributed by atoms with Crippen LogP contribution >= 0.6 is 23.2 Å². The molecule has 2 saturated heterocycles. The smallest absolute Gasteiger partial charge is 0.321 e. The van der Waals surface area contributed by atoms with Crippen molar-refractivity contribution >= 4 is 34.9 Å². The lowest BCUT2D eigenvalue weighted by molar-refractivity contribution is -0.0200. The Hall–Kier alpha value is -2.80. The zero-order valence-electron chi connectivity index (χ0n) is 18.7. The number of piperidine rings is 1. The molecule has 2 fully saturated rings. The molecule has 3 aromatic rings. The molecule has 2 amide bonds. The molecule has 2 aliphatic rings. The first-order valence-corrected chi connectivity index (χ1v) is 12.1. The number of halogens is 2. The van der Waals surface area contributed by atoms with Crippen molar-refractivity contribution in [1.82, 2.24) is 14.8 Å². The van der Waals surface area contributed by atoms with Crippen molar-refractivity contribution < 1.29 is 9.53 Å². The van der Waals surface area contributed by atoms with Crippen LogP contribution in [0, 0.1) is 5.41 Å². The SMILES string of the molecule is O=C(Nc1cncc(Cl)c1)N1CC2(CCN(Cc3cccc(Oc4ccc(Cl)cc4)c3)CC2)C1. The Bertz CT molecular complexity index is 1160. The fourth-order valence-electron chi connectivity index (χ4n) is 4.70. The Morgan fingerprint density at radius 3 is 2.47 bits per heavy atom. The summed E-state index contributed by atoms with van der Waals surface area (Å²) in [6.45, 7) is 4.53. The third-order valence-electron chi connectivity index (χ3n) is 6.57. The Kier molecular flexibility index (Phi) is 6.63. The standard InChI is InChI=1S/C26H26Cl2N4O2/c27-20-4-6-23(7-5-20)34-24-3-1-2-19(12-24)16-31-10-8-26(9-11-31)17-32(18-26)25(33)30-22-13-21(28)14-29-15-22/h1-7,12-15H,8-11,16-18H2,(H,30,33). The maximum Gasteiger partial charge on any atom is 0.321 e. The largest absolute Gasteiger partial charge is 0.457 e. The van der Waals surface area contributed by atoms with E-state index in [-0.39, 0.29) is 11.4 Å². The van der Waals surface area contributed by atoms with E-state index in [0.29, 0.717) is 15.7 Å². The van der Waals surface area contributed by atoms with E-state index in [9.17, 15) is 4.79 Å². The van der Waals surface area contributed by atoms with Crippen molar-refractivity contribution in [3.63, 3.8) is 0 Å². The van der Waals surface area contributed by atoms with Gasteiger partial charge in [0.15, 0.2) is 0 Å². The van der Waals surface area contributed by atoms with Gasteiger partial charge in [-0.1, -0.05) is 35.3 Å². The quantitative estimate of drug-likeness (QED) is 0.449. The molecule has 3 heterocycles. The van der Waals surface area contributed by atoms with Crippen molar-refractivity contribution in [3.05, 3.63) is 82.6 Å². The highest BCUT2D eigenvalue weighted by atomic mass is 35.5. The Balaban J connectivity index is 1.10. The Morgan fingerprint density at radius 2 is 1.74 bits per heavy atom. The number of benzene rings is 2. The summed E-state index contributed by atoms with van der Waals surface area (Å²) in [4.78, 5) is 20.9. The molecule has 0 saturated carbocycles.